The summed E-state index contributed by atoms with van der Waals surface area (Å²) in [6.45, 7) is 0. The minimum atomic E-state index is -0.0624. The van der Waals surface area contributed by atoms with E-state index in [-0.39, 0.29) is 11.8 Å². The molecule has 110 valence electrons. The van der Waals surface area contributed by atoms with Gasteiger partial charge in [-0.3, -0.25) is 14.5 Å². The lowest BCUT2D eigenvalue weighted by molar-refractivity contribution is -0.116. The Kier molecular flexibility index (Phi) is 3.00. The molecule has 22 heavy (non-hydrogen) atoms. The molecule has 0 aliphatic carbocycles. The average molecular weight is 311 g/mol. The van der Waals surface area contributed by atoms with Gasteiger partial charge in [-0.2, -0.15) is 5.10 Å². The molecule has 1 unspecified atom stereocenters. The summed E-state index contributed by atoms with van der Waals surface area (Å²) >= 11 is 1.56. The smallest absolute Gasteiger partial charge is 0.226 e. The fraction of sp³-hybridized carbons (Fsp3) is 0.200. The molecule has 0 bridgehead atoms. The van der Waals surface area contributed by atoms with Crippen molar-refractivity contribution >= 4 is 23.1 Å². The van der Waals surface area contributed by atoms with E-state index in [2.05, 4.69) is 20.4 Å². The van der Waals surface area contributed by atoms with Crippen LogP contribution in [-0.4, -0.2) is 25.7 Å². The monoisotopic (exact) mass is 311 g/mol. The van der Waals surface area contributed by atoms with Gasteiger partial charge in [0.05, 0.1) is 11.6 Å². The fourth-order valence-corrected chi connectivity index (χ4v) is 3.57. The number of hydrogen-bond donors (Lipinski definition) is 1. The van der Waals surface area contributed by atoms with Gasteiger partial charge in [0.15, 0.2) is 0 Å². The second-order valence-electron chi connectivity index (χ2n) is 5.15. The topological polar surface area (TPSA) is 72.7 Å². The summed E-state index contributed by atoms with van der Waals surface area (Å²) in [5.41, 5.74) is 2.81. The molecule has 0 fully saturated rings. The van der Waals surface area contributed by atoms with E-state index in [4.69, 9.17) is 0 Å². The Morgan fingerprint density at radius 2 is 2.32 bits per heavy atom. The van der Waals surface area contributed by atoms with Crippen molar-refractivity contribution in [1.29, 1.82) is 0 Å². The van der Waals surface area contributed by atoms with E-state index in [9.17, 15) is 4.79 Å². The van der Waals surface area contributed by atoms with E-state index in [1.807, 2.05) is 24.6 Å². The highest BCUT2D eigenvalue weighted by Crippen LogP contribution is 2.42. The molecule has 0 spiro atoms. The van der Waals surface area contributed by atoms with Crippen LogP contribution in [0.3, 0.4) is 0 Å². The zero-order valence-electron chi connectivity index (χ0n) is 11.9. The maximum absolute atomic E-state index is 12.0. The van der Waals surface area contributed by atoms with E-state index < -0.39 is 0 Å². The summed E-state index contributed by atoms with van der Waals surface area (Å²) in [6.07, 6.45) is 5.68. The first-order valence-corrected chi connectivity index (χ1v) is 7.78. The second kappa shape index (κ2) is 5.03. The van der Waals surface area contributed by atoms with Crippen molar-refractivity contribution in [3.8, 4) is 11.3 Å². The number of aromatic nitrogens is 4. The number of aryl methyl sites for hydroxylation is 1. The number of hydrogen-bond acceptors (Lipinski definition) is 5. The summed E-state index contributed by atoms with van der Waals surface area (Å²) in [5.74, 6) is 0.677. The van der Waals surface area contributed by atoms with Gasteiger partial charge in [0.2, 0.25) is 5.91 Å². The first-order valence-electron chi connectivity index (χ1n) is 6.90. The number of fused-ring (bicyclic) bond motifs is 1. The molecule has 7 heteroatoms. The van der Waals surface area contributed by atoms with Gasteiger partial charge in [0.1, 0.15) is 10.8 Å². The largest absolute Gasteiger partial charge is 0.311 e. The molecule has 4 heterocycles. The van der Waals surface area contributed by atoms with Crippen LogP contribution in [0.4, 0.5) is 5.82 Å². The number of nitrogens with zero attached hydrogens (tertiary/aromatic N) is 4. The number of thiazole rings is 1. The Balaban J connectivity index is 1.94. The van der Waals surface area contributed by atoms with Crippen molar-refractivity contribution in [3.63, 3.8) is 0 Å². The highest BCUT2D eigenvalue weighted by Gasteiger charge is 2.34. The van der Waals surface area contributed by atoms with Gasteiger partial charge < -0.3 is 5.32 Å². The Bertz CT molecular complexity index is 825. The number of nitrogens with one attached hydrogen (secondary N) is 1. The van der Waals surface area contributed by atoms with E-state index in [1.54, 1.807) is 34.6 Å². The summed E-state index contributed by atoms with van der Waals surface area (Å²) in [5, 5.41) is 10.4. The molecule has 1 aliphatic rings. The van der Waals surface area contributed by atoms with Gasteiger partial charge in [-0.05, 0) is 12.1 Å². The highest BCUT2D eigenvalue weighted by molar-refractivity contribution is 7.09. The van der Waals surface area contributed by atoms with Gasteiger partial charge in [-0.25, -0.2) is 4.98 Å². The maximum atomic E-state index is 12.0. The third-order valence-electron chi connectivity index (χ3n) is 3.76. The standard InChI is InChI=1S/C15H13N5OS/c1-20-14-12(13(19-20)9-3-2-4-16-8-9)10(7-11(21)18-14)15-17-5-6-22-15/h2-6,8,10H,7H2,1H3,(H,18,21). The van der Waals surface area contributed by atoms with Gasteiger partial charge in [0, 0.05) is 48.6 Å². The van der Waals surface area contributed by atoms with Crippen LogP contribution in [0.15, 0.2) is 36.1 Å². The van der Waals surface area contributed by atoms with Gasteiger partial charge >= 0.3 is 0 Å². The number of carbonyl (C=O) groups excluding carboxylic acids is 1. The summed E-state index contributed by atoms with van der Waals surface area (Å²) in [4.78, 5) is 20.6. The third-order valence-corrected chi connectivity index (χ3v) is 4.65. The summed E-state index contributed by atoms with van der Waals surface area (Å²) in [7, 11) is 1.84. The lowest BCUT2D eigenvalue weighted by Gasteiger charge is -2.22. The number of amides is 1. The SMILES string of the molecule is Cn1nc(-c2cccnc2)c2c1NC(=O)CC2c1nccs1. The molecular formula is C15H13N5OS. The van der Waals surface area contributed by atoms with Crippen LogP contribution in [0.1, 0.15) is 22.9 Å². The van der Waals surface area contributed by atoms with Crippen molar-refractivity contribution in [3.05, 3.63) is 46.7 Å². The van der Waals surface area contributed by atoms with Crippen molar-refractivity contribution in [2.45, 2.75) is 12.3 Å². The Hall–Kier alpha value is -2.54. The first-order chi connectivity index (χ1) is 10.7. The molecule has 1 aliphatic heterocycles. The summed E-state index contributed by atoms with van der Waals surface area (Å²) in [6, 6.07) is 3.86. The van der Waals surface area contributed by atoms with E-state index in [0.717, 1.165) is 27.6 Å². The number of pyridine rings is 1. The summed E-state index contributed by atoms with van der Waals surface area (Å²) < 4.78 is 1.72. The van der Waals surface area contributed by atoms with Crippen molar-refractivity contribution in [2.24, 2.45) is 7.05 Å². The normalized spacial score (nSPS) is 17.1. The predicted molar refractivity (Wildman–Crippen MR) is 83.6 cm³/mol. The second-order valence-corrected chi connectivity index (χ2v) is 6.08. The number of carbonyl (C=O) groups is 1. The zero-order chi connectivity index (χ0) is 15.1. The molecule has 1 amide bonds. The van der Waals surface area contributed by atoms with Gasteiger partial charge in [-0.15, -0.1) is 11.3 Å². The van der Waals surface area contributed by atoms with Gasteiger partial charge in [0.25, 0.3) is 0 Å². The van der Waals surface area contributed by atoms with Crippen LogP contribution in [-0.2, 0) is 11.8 Å². The Morgan fingerprint density at radius 3 is 3.05 bits per heavy atom. The van der Waals surface area contributed by atoms with Crippen LogP contribution < -0.4 is 5.32 Å². The van der Waals surface area contributed by atoms with Crippen molar-refractivity contribution in [1.82, 2.24) is 19.7 Å². The Labute approximate surface area is 130 Å². The molecule has 3 aromatic heterocycles. The van der Waals surface area contributed by atoms with E-state index in [0.29, 0.717) is 6.42 Å². The fourth-order valence-electron chi connectivity index (χ4n) is 2.82. The van der Waals surface area contributed by atoms with Crippen LogP contribution in [0.2, 0.25) is 0 Å². The minimum Gasteiger partial charge on any atom is -0.311 e. The zero-order valence-corrected chi connectivity index (χ0v) is 12.7. The molecule has 6 nitrogen and oxygen atoms in total. The van der Waals surface area contributed by atoms with Crippen LogP contribution in [0.25, 0.3) is 11.3 Å². The minimum absolute atomic E-state index is 0.00608. The molecule has 1 N–H and O–H groups in total. The predicted octanol–water partition coefficient (Wildman–Crippen LogP) is 2.41. The molecule has 0 radical (unpaired) electrons. The lowest BCUT2D eigenvalue weighted by Crippen LogP contribution is -2.24. The van der Waals surface area contributed by atoms with Crippen LogP contribution in [0, 0.1) is 0 Å². The maximum Gasteiger partial charge on any atom is 0.226 e. The lowest BCUT2D eigenvalue weighted by atomic mass is 9.90. The number of anilines is 1. The molecule has 0 saturated heterocycles. The van der Waals surface area contributed by atoms with E-state index >= 15 is 0 Å². The molecule has 3 aromatic rings. The molecule has 1 atom stereocenters. The van der Waals surface area contributed by atoms with Crippen LogP contribution >= 0.6 is 11.3 Å². The quantitative estimate of drug-likeness (QED) is 0.789. The molecule has 0 saturated carbocycles. The highest BCUT2D eigenvalue weighted by atomic mass is 32.1. The van der Waals surface area contributed by atoms with E-state index in [1.165, 1.54) is 0 Å². The first kappa shape index (κ1) is 13.1. The Morgan fingerprint density at radius 1 is 1.41 bits per heavy atom. The molecule has 4 rings (SSSR count). The van der Waals surface area contributed by atoms with Crippen molar-refractivity contribution < 1.29 is 4.79 Å². The van der Waals surface area contributed by atoms with Crippen molar-refractivity contribution in [2.75, 3.05) is 5.32 Å². The third kappa shape index (κ3) is 2.01. The van der Waals surface area contributed by atoms with Gasteiger partial charge in [-0.1, -0.05) is 0 Å². The van der Waals surface area contributed by atoms with Crippen LogP contribution in [0.5, 0.6) is 0 Å². The molecular weight excluding hydrogens is 298 g/mol. The molecule has 0 aromatic carbocycles. The number of rotatable bonds is 2. The average Bonchev–Trinajstić information content (AvgIpc) is 3.16.